The lowest BCUT2D eigenvalue weighted by atomic mass is 10.3. The molecule has 0 atom stereocenters. The minimum Gasteiger partial charge on any atom is -0.504 e. The zero-order valence-corrected chi connectivity index (χ0v) is 13.8. The SMILES string of the molecule is C=Cc1c(C)nc2c(O)cc(-n3cccc(OC(=O)C(F)(F)F)c3=O)cn12. The molecule has 27 heavy (non-hydrogen) atoms. The smallest absolute Gasteiger partial charge is 0.491 e. The average Bonchev–Trinajstić information content (AvgIpc) is 2.91. The van der Waals surface area contributed by atoms with Gasteiger partial charge in [-0.25, -0.2) is 9.78 Å². The number of aromatic hydroxyl groups is 1. The molecule has 0 spiro atoms. The number of carbonyl (C=O) groups excluding carboxylic acids is 1. The van der Waals surface area contributed by atoms with Crippen LogP contribution < -0.4 is 10.3 Å². The van der Waals surface area contributed by atoms with E-state index in [1.807, 2.05) is 0 Å². The van der Waals surface area contributed by atoms with Crippen molar-refractivity contribution in [2.24, 2.45) is 0 Å². The monoisotopic (exact) mass is 379 g/mol. The maximum atomic E-state index is 12.4. The van der Waals surface area contributed by atoms with Gasteiger partial charge in [0.25, 0.3) is 5.56 Å². The van der Waals surface area contributed by atoms with Crippen LogP contribution in [-0.2, 0) is 4.79 Å². The van der Waals surface area contributed by atoms with Crippen LogP contribution in [0.5, 0.6) is 11.5 Å². The molecule has 1 N–H and O–H groups in total. The molecule has 10 heteroatoms. The summed E-state index contributed by atoms with van der Waals surface area (Å²) in [4.78, 5) is 27.6. The van der Waals surface area contributed by atoms with Gasteiger partial charge in [0.1, 0.15) is 0 Å². The van der Waals surface area contributed by atoms with Crippen molar-refractivity contribution in [1.29, 1.82) is 0 Å². The highest BCUT2D eigenvalue weighted by atomic mass is 19.4. The molecular weight excluding hydrogens is 367 g/mol. The molecule has 0 radical (unpaired) electrons. The molecule has 0 unspecified atom stereocenters. The third-order valence-corrected chi connectivity index (χ3v) is 3.73. The Balaban J connectivity index is 2.15. The van der Waals surface area contributed by atoms with Crippen LogP contribution in [0, 0.1) is 6.92 Å². The van der Waals surface area contributed by atoms with Crippen molar-refractivity contribution in [3.8, 4) is 17.2 Å². The Bertz CT molecular complexity index is 1130. The summed E-state index contributed by atoms with van der Waals surface area (Å²) in [6, 6.07) is 3.39. The number of hydrogen-bond donors (Lipinski definition) is 1. The van der Waals surface area contributed by atoms with E-state index in [4.69, 9.17) is 0 Å². The molecule has 0 aliphatic heterocycles. The van der Waals surface area contributed by atoms with Gasteiger partial charge < -0.3 is 9.84 Å². The number of fused-ring (bicyclic) bond motifs is 1. The number of pyridine rings is 2. The third kappa shape index (κ3) is 3.16. The first-order valence-corrected chi connectivity index (χ1v) is 7.48. The van der Waals surface area contributed by atoms with Crippen molar-refractivity contribution >= 4 is 17.7 Å². The van der Waals surface area contributed by atoms with Crippen molar-refractivity contribution in [3.63, 3.8) is 0 Å². The first kappa shape index (κ1) is 18.2. The second kappa shape index (κ2) is 6.31. The van der Waals surface area contributed by atoms with Crippen molar-refractivity contribution in [3.05, 3.63) is 58.9 Å². The van der Waals surface area contributed by atoms with E-state index >= 15 is 0 Å². The predicted octanol–water partition coefficient (Wildman–Crippen LogP) is 2.61. The first-order chi connectivity index (χ1) is 12.6. The van der Waals surface area contributed by atoms with Crippen molar-refractivity contribution in [2.45, 2.75) is 13.1 Å². The molecule has 3 aromatic rings. The average molecular weight is 379 g/mol. The van der Waals surface area contributed by atoms with Crippen LogP contribution >= 0.6 is 0 Å². The minimum absolute atomic E-state index is 0.121. The zero-order valence-electron chi connectivity index (χ0n) is 13.8. The van der Waals surface area contributed by atoms with Gasteiger partial charge in [0.15, 0.2) is 17.1 Å². The minimum atomic E-state index is -5.24. The van der Waals surface area contributed by atoms with E-state index in [-0.39, 0.29) is 17.1 Å². The highest BCUT2D eigenvalue weighted by Gasteiger charge is 2.41. The summed E-state index contributed by atoms with van der Waals surface area (Å²) >= 11 is 0. The van der Waals surface area contributed by atoms with Gasteiger partial charge in [0, 0.05) is 18.5 Å². The van der Waals surface area contributed by atoms with E-state index in [2.05, 4.69) is 16.3 Å². The fourth-order valence-electron chi connectivity index (χ4n) is 2.53. The Kier molecular flexibility index (Phi) is 4.26. The molecule has 0 amide bonds. The summed E-state index contributed by atoms with van der Waals surface area (Å²) in [7, 11) is 0. The third-order valence-electron chi connectivity index (χ3n) is 3.73. The quantitative estimate of drug-likeness (QED) is 0.707. The Morgan fingerprint density at radius 3 is 2.74 bits per heavy atom. The second-order valence-electron chi connectivity index (χ2n) is 5.50. The Morgan fingerprint density at radius 1 is 1.41 bits per heavy atom. The Morgan fingerprint density at radius 2 is 2.11 bits per heavy atom. The predicted molar refractivity (Wildman–Crippen MR) is 89.0 cm³/mol. The number of aromatic nitrogens is 3. The van der Waals surface area contributed by atoms with Crippen LogP contribution in [0.4, 0.5) is 13.2 Å². The number of halogens is 3. The fourth-order valence-corrected chi connectivity index (χ4v) is 2.53. The first-order valence-electron chi connectivity index (χ1n) is 7.48. The molecule has 7 nitrogen and oxygen atoms in total. The van der Waals surface area contributed by atoms with Gasteiger partial charge >= 0.3 is 12.1 Å². The summed E-state index contributed by atoms with van der Waals surface area (Å²) in [6.07, 6.45) is -1.03. The van der Waals surface area contributed by atoms with E-state index in [9.17, 15) is 27.9 Å². The number of hydrogen-bond acceptors (Lipinski definition) is 5. The standard InChI is InChI=1S/C17H12F3N3O4/c1-3-11-9(2)21-14-12(24)7-10(8-23(11)14)22-6-4-5-13(15(22)25)27-16(26)17(18,19)20/h3-8,24H,1H2,2H3. The Hall–Kier alpha value is -3.56. The summed E-state index contributed by atoms with van der Waals surface area (Å²) in [5.41, 5.74) is 0.479. The number of carbonyl (C=O) groups is 1. The van der Waals surface area contributed by atoms with Crippen LogP contribution in [0.3, 0.4) is 0 Å². The molecule has 0 fully saturated rings. The van der Waals surface area contributed by atoms with Gasteiger partial charge in [-0.1, -0.05) is 6.58 Å². The van der Waals surface area contributed by atoms with E-state index in [0.717, 1.165) is 10.6 Å². The molecule has 0 aromatic carbocycles. The number of nitrogens with zero attached hydrogens (tertiary/aromatic N) is 3. The van der Waals surface area contributed by atoms with Crippen molar-refractivity contribution < 1.29 is 27.8 Å². The van der Waals surface area contributed by atoms with E-state index < -0.39 is 23.5 Å². The number of imidazole rings is 1. The molecule has 3 heterocycles. The summed E-state index contributed by atoms with van der Waals surface area (Å²) in [6.45, 7) is 5.36. The molecule has 0 bridgehead atoms. The van der Waals surface area contributed by atoms with Crippen LogP contribution in [0.15, 0.2) is 42.0 Å². The lowest BCUT2D eigenvalue weighted by Gasteiger charge is -2.11. The largest absolute Gasteiger partial charge is 0.504 e. The molecule has 0 saturated carbocycles. The van der Waals surface area contributed by atoms with Gasteiger partial charge in [0.05, 0.1) is 17.1 Å². The van der Waals surface area contributed by atoms with Crippen LogP contribution in [-0.4, -0.2) is 31.2 Å². The topological polar surface area (TPSA) is 85.8 Å². The number of esters is 1. The second-order valence-corrected chi connectivity index (χ2v) is 5.50. The highest BCUT2D eigenvalue weighted by Crippen LogP contribution is 2.25. The van der Waals surface area contributed by atoms with Gasteiger partial charge in [-0.05, 0) is 25.1 Å². The van der Waals surface area contributed by atoms with E-state index in [0.29, 0.717) is 11.4 Å². The van der Waals surface area contributed by atoms with E-state index in [1.165, 1.54) is 35.0 Å². The molecular formula is C17H12F3N3O4. The zero-order chi connectivity index (χ0) is 19.9. The van der Waals surface area contributed by atoms with E-state index in [1.54, 1.807) is 6.92 Å². The lowest BCUT2D eigenvalue weighted by molar-refractivity contribution is -0.189. The molecule has 140 valence electrons. The summed E-state index contributed by atoms with van der Waals surface area (Å²) < 4.78 is 43.7. The lowest BCUT2D eigenvalue weighted by Crippen LogP contribution is -2.31. The van der Waals surface area contributed by atoms with Crippen LogP contribution in [0.25, 0.3) is 17.4 Å². The molecule has 0 aliphatic carbocycles. The van der Waals surface area contributed by atoms with Gasteiger partial charge in [0.2, 0.25) is 0 Å². The summed E-state index contributed by atoms with van der Waals surface area (Å²) in [5, 5.41) is 10.2. The number of ether oxygens (including phenoxy) is 1. The molecule has 3 aromatic heterocycles. The number of alkyl halides is 3. The molecule has 0 saturated heterocycles. The molecule has 0 aliphatic rings. The highest BCUT2D eigenvalue weighted by molar-refractivity contribution is 5.78. The van der Waals surface area contributed by atoms with Gasteiger partial charge in [-0.15, -0.1) is 0 Å². The van der Waals surface area contributed by atoms with Crippen molar-refractivity contribution in [2.75, 3.05) is 0 Å². The van der Waals surface area contributed by atoms with Crippen molar-refractivity contribution in [1.82, 2.24) is 14.0 Å². The normalized spacial score (nSPS) is 11.6. The van der Waals surface area contributed by atoms with Gasteiger partial charge in [-0.2, -0.15) is 13.2 Å². The van der Waals surface area contributed by atoms with Gasteiger partial charge in [-0.3, -0.25) is 13.8 Å². The maximum Gasteiger partial charge on any atom is 0.491 e. The number of aryl methyl sites for hydroxylation is 1. The maximum absolute atomic E-state index is 12.4. The summed E-state index contributed by atoms with van der Waals surface area (Å²) in [5.74, 6) is -3.56. The molecule has 3 rings (SSSR count). The Labute approximate surface area is 149 Å². The number of rotatable bonds is 3. The van der Waals surface area contributed by atoms with Crippen LogP contribution in [0.2, 0.25) is 0 Å². The fraction of sp³-hybridized carbons (Fsp3) is 0.118. The van der Waals surface area contributed by atoms with Crippen LogP contribution in [0.1, 0.15) is 11.4 Å².